The molecule has 1 saturated heterocycles. The fourth-order valence-corrected chi connectivity index (χ4v) is 3.35. The molecule has 0 aromatic carbocycles. The lowest BCUT2D eigenvalue weighted by atomic mass is 9.99. The van der Waals surface area contributed by atoms with Crippen molar-refractivity contribution >= 4 is 0 Å². The topological polar surface area (TPSA) is 38.5 Å². The number of hydrogen-bond donors (Lipinski definition) is 1. The molecule has 19 heavy (non-hydrogen) atoms. The third kappa shape index (κ3) is 4.73. The van der Waals surface area contributed by atoms with Crippen molar-refractivity contribution in [1.82, 2.24) is 4.90 Å². The Morgan fingerprint density at radius 2 is 1.84 bits per heavy atom. The molecule has 1 rings (SSSR count). The molecule has 3 unspecified atom stereocenters. The average Bonchev–Trinajstić information content (AvgIpc) is 2.77. The summed E-state index contributed by atoms with van der Waals surface area (Å²) in [5.41, 5.74) is 6.10. The number of hydrogen-bond acceptors (Lipinski definition) is 3. The molecule has 1 heterocycles. The molecular weight excluding hydrogens is 236 g/mol. The summed E-state index contributed by atoms with van der Waals surface area (Å²) in [6, 6.07) is 1.02. The second-order valence-electron chi connectivity index (χ2n) is 6.43. The maximum absolute atomic E-state index is 6.10. The monoisotopic (exact) mass is 270 g/mol. The molecule has 0 spiro atoms. The molecule has 0 aromatic rings. The summed E-state index contributed by atoms with van der Waals surface area (Å²) in [6.07, 6.45) is 5.47. The van der Waals surface area contributed by atoms with Crippen molar-refractivity contribution in [3.05, 3.63) is 0 Å². The second-order valence-corrected chi connectivity index (χ2v) is 6.43. The number of nitrogens with two attached hydrogens (primary N) is 1. The molecule has 0 aliphatic carbocycles. The molecule has 1 aliphatic heterocycles. The standard InChI is InChI=1S/C16H34N2O/c1-6-14(7-2)18(11-12(3)4)15(10-17)16-9-8-13(5)19-16/h12-16H,6-11,17H2,1-5H3. The van der Waals surface area contributed by atoms with E-state index in [0.717, 1.165) is 13.0 Å². The molecule has 3 atom stereocenters. The van der Waals surface area contributed by atoms with Gasteiger partial charge < -0.3 is 10.5 Å². The number of nitrogens with zero attached hydrogens (tertiary/aromatic N) is 1. The van der Waals surface area contributed by atoms with Crippen molar-refractivity contribution in [1.29, 1.82) is 0 Å². The van der Waals surface area contributed by atoms with Crippen LogP contribution in [0.4, 0.5) is 0 Å². The van der Waals surface area contributed by atoms with Crippen molar-refractivity contribution in [2.45, 2.75) is 84.6 Å². The van der Waals surface area contributed by atoms with Gasteiger partial charge in [-0.2, -0.15) is 0 Å². The van der Waals surface area contributed by atoms with E-state index in [1.165, 1.54) is 19.3 Å². The average molecular weight is 270 g/mol. The van der Waals surface area contributed by atoms with Crippen LogP contribution in [0.2, 0.25) is 0 Å². The highest BCUT2D eigenvalue weighted by Crippen LogP contribution is 2.27. The zero-order chi connectivity index (χ0) is 14.4. The van der Waals surface area contributed by atoms with E-state index in [9.17, 15) is 0 Å². The molecule has 0 aromatic heterocycles. The lowest BCUT2D eigenvalue weighted by Gasteiger charge is -2.40. The summed E-state index contributed by atoms with van der Waals surface area (Å²) in [5, 5.41) is 0. The predicted molar refractivity (Wildman–Crippen MR) is 82.3 cm³/mol. The van der Waals surface area contributed by atoms with E-state index in [0.29, 0.717) is 36.8 Å². The smallest absolute Gasteiger partial charge is 0.0747 e. The van der Waals surface area contributed by atoms with E-state index in [2.05, 4.69) is 39.5 Å². The van der Waals surface area contributed by atoms with Gasteiger partial charge >= 0.3 is 0 Å². The van der Waals surface area contributed by atoms with Crippen LogP contribution in [0.3, 0.4) is 0 Å². The molecule has 1 fully saturated rings. The Labute approximate surface area is 119 Å². The minimum Gasteiger partial charge on any atom is -0.374 e. The van der Waals surface area contributed by atoms with Gasteiger partial charge in [-0.1, -0.05) is 27.7 Å². The molecule has 114 valence electrons. The number of rotatable bonds is 8. The highest BCUT2D eigenvalue weighted by molar-refractivity contribution is 4.89. The zero-order valence-corrected chi connectivity index (χ0v) is 13.6. The van der Waals surface area contributed by atoms with Gasteiger partial charge in [0, 0.05) is 25.2 Å². The van der Waals surface area contributed by atoms with Crippen LogP contribution in [0.1, 0.15) is 60.3 Å². The maximum Gasteiger partial charge on any atom is 0.0747 e. The van der Waals surface area contributed by atoms with E-state index in [1.807, 2.05) is 0 Å². The van der Waals surface area contributed by atoms with Crippen LogP contribution in [0.5, 0.6) is 0 Å². The molecular formula is C16H34N2O. The molecule has 0 radical (unpaired) electrons. The van der Waals surface area contributed by atoms with Crippen LogP contribution in [-0.2, 0) is 4.74 Å². The third-order valence-electron chi connectivity index (χ3n) is 4.35. The summed E-state index contributed by atoms with van der Waals surface area (Å²) in [5.74, 6) is 0.675. The summed E-state index contributed by atoms with van der Waals surface area (Å²) in [6.45, 7) is 13.2. The molecule has 0 amide bonds. The molecule has 3 heteroatoms. The lowest BCUT2D eigenvalue weighted by molar-refractivity contribution is -0.0229. The molecule has 0 saturated carbocycles. The van der Waals surface area contributed by atoms with Gasteiger partial charge in [0.05, 0.1) is 12.2 Å². The van der Waals surface area contributed by atoms with Crippen LogP contribution in [-0.4, -0.2) is 42.3 Å². The highest BCUT2D eigenvalue weighted by Gasteiger charge is 2.35. The van der Waals surface area contributed by atoms with Gasteiger partial charge in [-0.25, -0.2) is 0 Å². The third-order valence-corrected chi connectivity index (χ3v) is 4.35. The Balaban J connectivity index is 2.79. The van der Waals surface area contributed by atoms with Gasteiger partial charge in [0.25, 0.3) is 0 Å². The van der Waals surface area contributed by atoms with E-state index in [-0.39, 0.29) is 0 Å². The van der Waals surface area contributed by atoms with Crippen LogP contribution in [0, 0.1) is 5.92 Å². The van der Waals surface area contributed by atoms with Crippen LogP contribution in [0.15, 0.2) is 0 Å². The highest BCUT2D eigenvalue weighted by atomic mass is 16.5. The van der Waals surface area contributed by atoms with Crippen LogP contribution >= 0.6 is 0 Å². The molecule has 2 N–H and O–H groups in total. The summed E-state index contributed by atoms with van der Waals surface area (Å²) >= 11 is 0. The Hall–Kier alpha value is -0.120. The Bertz CT molecular complexity index is 241. The largest absolute Gasteiger partial charge is 0.374 e. The van der Waals surface area contributed by atoms with Gasteiger partial charge in [-0.3, -0.25) is 4.90 Å². The normalized spacial score (nSPS) is 25.7. The minimum absolute atomic E-state index is 0.333. The minimum atomic E-state index is 0.333. The molecule has 0 bridgehead atoms. The van der Waals surface area contributed by atoms with E-state index in [1.54, 1.807) is 0 Å². The Morgan fingerprint density at radius 1 is 1.21 bits per heavy atom. The summed E-state index contributed by atoms with van der Waals surface area (Å²) in [4.78, 5) is 2.63. The fourth-order valence-electron chi connectivity index (χ4n) is 3.35. The van der Waals surface area contributed by atoms with Crippen LogP contribution < -0.4 is 5.73 Å². The number of ether oxygens (including phenoxy) is 1. The first kappa shape index (κ1) is 16.9. The summed E-state index contributed by atoms with van der Waals surface area (Å²) in [7, 11) is 0. The zero-order valence-electron chi connectivity index (χ0n) is 13.6. The van der Waals surface area contributed by atoms with E-state index < -0.39 is 0 Å². The second kappa shape index (κ2) is 8.23. The van der Waals surface area contributed by atoms with Crippen LogP contribution in [0.25, 0.3) is 0 Å². The van der Waals surface area contributed by atoms with Gasteiger partial charge in [0.2, 0.25) is 0 Å². The van der Waals surface area contributed by atoms with Gasteiger partial charge in [0.15, 0.2) is 0 Å². The lowest BCUT2D eigenvalue weighted by Crippen LogP contribution is -2.53. The first-order chi connectivity index (χ1) is 9.03. The maximum atomic E-state index is 6.10. The Morgan fingerprint density at radius 3 is 2.21 bits per heavy atom. The Kier molecular flexibility index (Phi) is 7.33. The van der Waals surface area contributed by atoms with E-state index in [4.69, 9.17) is 10.5 Å². The van der Waals surface area contributed by atoms with Gasteiger partial charge in [-0.15, -0.1) is 0 Å². The molecule has 3 nitrogen and oxygen atoms in total. The molecule has 1 aliphatic rings. The van der Waals surface area contributed by atoms with Crippen molar-refractivity contribution < 1.29 is 4.74 Å². The van der Waals surface area contributed by atoms with Gasteiger partial charge in [-0.05, 0) is 38.5 Å². The van der Waals surface area contributed by atoms with Crippen molar-refractivity contribution in [2.75, 3.05) is 13.1 Å². The van der Waals surface area contributed by atoms with Crippen molar-refractivity contribution in [2.24, 2.45) is 11.7 Å². The van der Waals surface area contributed by atoms with Gasteiger partial charge in [0.1, 0.15) is 0 Å². The predicted octanol–water partition coefficient (Wildman–Crippen LogP) is 3.03. The SMILES string of the molecule is CCC(CC)N(CC(C)C)C(CN)C1CCC(C)O1. The summed E-state index contributed by atoms with van der Waals surface area (Å²) < 4.78 is 6.09. The van der Waals surface area contributed by atoms with E-state index >= 15 is 0 Å². The fraction of sp³-hybridized carbons (Fsp3) is 1.00. The van der Waals surface area contributed by atoms with Crippen molar-refractivity contribution in [3.8, 4) is 0 Å². The first-order valence-electron chi connectivity index (χ1n) is 8.14. The van der Waals surface area contributed by atoms with Crippen molar-refractivity contribution in [3.63, 3.8) is 0 Å². The quantitative estimate of drug-likeness (QED) is 0.737. The first-order valence-corrected chi connectivity index (χ1v) is 8.14.